The molecular formula is C18H25N3O2. The van der Waals surface area contributed by atoms with E-state index in [1.807, 2.05) is 6.07 Å². The van der Waals surface area contributed by atoms with Gasteiger partial charge in [-0.25, -0.2) is 4.79 Å². The Hall–Kier alpha value is -1.46. The van der Waals surface area contributed by atoms with Crippen LogP contribution in [0.25, 0.3) is 0 Å². The molecule has 1 aromatic rings. The van der Waals surface area contributed by atoms with Gasteiger partial charge in [-0.15, -0.1) is 0 Å². The summed E-state index contributed by atoms with van der Waals surface area (Å²) < 4.78 is 4.70. The molecule has 0 atom stereocenters. The Morgan fingerprint density at radius 2 is 2.09 bits per heavy atom. The Bertz CT molecular complexity index is 583. The number of esters is 1. The Kier molecular flexibility index (Phi) is 3.65. The fourth-order valence-electron chi connectivity index (χ4n) is 4.27. The molecule has 3 aliphatic rings. The van der Waals surface area contributed by atoms with Crippen molar-refractivity contribution in [2.75, 3.05) is 27.2 Å². The van der Waals surface area contributed by atoms with E-state index in [1.54, 1.807) is 12.3 Å². The van der Waals surface area contributed by atoms with Crippen LogP contribution in [0.15, 0.2) is 18.3 Å². The summed E-state index contributed by atoms with van der Waals surface area (Å²) in [4.78, 5) is 20.9. The first-order valence-corrected chi connectivity index (χ1v) is 8.56. The van der Waals surface area contributed by atoms with Crippen LogP contribution in [0.3, 0.4) is 0 Å². The summed E-state index contributed by atoms with van der Waals surface area (Å²) in [5.74, 6) is -0.327. The van der Waals surface area contributed by atoms with Crippen molar-refractivity contribution in [3.8, 4) is 0 Å². The van der Waals surface area contributed by atoms with Gasteiger partial charge in [-0.1, -0.05) is 0 Å². The number of rotatable bonds is 5. The first-order chi connectivity index (χ1) is 11.1. The number of aromatic nitrogens is 1. The topological polar surface area (TPSA) is 45.7 Å². The molecule has 0 N–H and O–H groups in total. The van der Waals surface area contributed by atoms with Crippen LogP contribution in [0.4, 0.5) is 0 Å². The van der Waals surface area contributed by atoms with Crippen molar-refractivity contribution in [1.82, 2.24) is 14.8 Å². The lowest BCUT2D eigenvalue weighted by Gasteiger charge is -2.61. The lowest BCUT2D eigenvalue weighted by molar-refractivity contribution is -0.110. The molecule has 5 nitrogen and oxygen atoms in total. The van der Waals surface area contributed by atoms with Crippen molar-refractivity contribution in [2.24, 2.45) is 5.41 Å². The largest absolute Gasteiger partial charge is 0.465 e. The fourth-order valence-corrected chi connectivity index (χ4v) is 4.27. The Labute approximate surface area is 137 Å². The average molecular weight is 315 g/mol. The molecule has 2 heterocycles. The normalized spacial score (nSPS) is 23.6. The summed E-state index contributed by atoms with van der Waals surface area (Å²) >= 11 is 0. The molecule has 2 saturated carbocycles. The highest BCUT2D eigenvalue weighted by Crippen LogP contribution is 2.51. The lowest BCUT2D eigenvalue weighted by atomic mass is 9.60. The smallest absolute Gasteiger partial charge is 0.339 e. The van der Waals surface area contributed by atoms with Crippen LogP contribution in [0.1, 0.15) is 41.7 Å². The third-order valence-corrected chi connectivity index (χ3v) is 5.79. The molecule has 0 bridgehead atoms. The van der Waals surface area contributed by atoms with Crippen molar-refractivity contribution in [2.45, 2.75) is 44.3 Å². The second-order valence-corrected chi connectivity index (χ2v) is 7.63. The molecular weight excluding hydrogens is 290 g/mol. The van der Waals surface area contributed by atoms with Gasteiger partial charge in [0.25, 0.3) is 0 Å². The number of methoxy groups -OCH3 is 1. The summed E-state index contributed by atoms with van der Waals surface area (Å²) in [6.45, 7) is 3.28. The number of hydrogen-bond acceptors (Lipinski definition) is 5. The molecule has 4 rings (SSSR count). The Balaban J connectivity index is 1.24. The lowest BCUT2D eigenvalue weighted by Crippen LogP contribution is -2.65. The molecule has 0 amide bonds. The number of nitrogens with zero attached hydrogens (tertiary/aromatic N) is 3. The van der Waals surface area contributed by atoms with Gasteiger partial charge in [0.05, 0.1) is 18.4 Å². The van der Waals surface area contributed by atoms with E-state index in [0.717, 1.165) is 24.3 Å². The second-order valence-electron chi connectivity index (χ2n) is 7.63. The number of likely N-dealkylation sites (tertiary alicyclic amines) is 1. The van der Waals surface area contributed by atoms with Gasteiger partial charge in [-0.2, -0.15) is 0 Å². The molecule has 3 fully saturated rings. The van der Waals surface area contributed by atoms with Crippen LogP contribution in [0, 0.1) is 5.41 Å². The van der Waals surface area contributed by atoms with E-state index in [9.17, 15) is 4.79 Å². The van der Waals surface area contributed by atoms with Crippen molar-refractivity contribution >= 4 is 5.97 Å². The van der Waals surface area contributed by atoms with E-state index in [4.69, 9.17) is 4.74 Å². The van der Waals surface area contributed by atoms with Gasteiger partial charge in [-0.05, 0) is 50.3 Å². The average Bonchev–Trinajstić information content (AvgIpc) is 3.32. The summed E-state index contributed by atoms with van der Waals surface area (Å²) in [7, 11) is 3.70. The minimum Gasteiger partial charge on any atom is -0.465 e. The molecule has 1 aromatic heterocycles. The van der Waals surface area contributed by atoms with E-state index >= 15 is 0 Å². The zero-order valence-electron chi connectivity index (χ0n) is 14.0. The van der Waals surface area contributed by atoms with Crippen molar-refractivity contribution in [1.29, 1.82) is 0 Å². The second kappa shape index (κ2) is 5.56. The predicted molar refractivity (Wildman–Crippen MR) is 87.1 cm³/mol. The molecule has 23 heavy (non-hydrogen) atoms. The maximum absolute atomic E-state index is 11.4. The third kappa shape index (κ3) is 2.88. The highest BCUT2D eigenvalue weighted by atomic mass is 16.5. The van der Waals surface area contributed by atoms with E-state index < -0.39 is 0 Å². The molecule has 0 radical (unpaired) electrons. The summed E-state index contributed by atoms with van der Waals surface area (Å²) in [5, 5.41) is 0. The maximum atomic E-state index is 11.4. The van der Waals surface area contributed by atoms with Crippen molar-refractivity contribution in [3.05, 3.63) is 29.6 Å². The van der Waals surface area contributed by atoms with E-state index in [2.05, 4.69) is 21.8 Å². The quantitative estimate of drug-likeness (QED) is 0.777. The molecule has 1 saturated heterocycles. The van der Waals surface area contributed by atoms with Crippen molar-refractivity contribution in [3.63, 3.8) is 0 Å². The van der Waals surface area contributed by atoms with Gasteiger partial charge >= 0.3 is 5.97 Å². The van der Waals surface area contributed by atoms with E-state index in [0.29, 0.717) is 11.0 Å². The van der Waals surface area contributed by atoms with Crippen LogP contribution >= 0.6 is 0 Å². The first-order valence-electron chi connectivity index (χ1n) is 8.56. The van der Waals surface area contributed by atoms with Gasteiger partial charge in [0.2, 0.25) is 0 Å². The molecule has 2 aliphatic carbocycles. The minimum atomic E-state index is -0.327. The Morgan fingerprint density at radius 3 is 2.65 bits per heavy atom. The number of ether oxygens (including phenoxy) is 1. The standard InChI is InChI=1S/C18H25N3O2/c1-20(15-5-6-15)16-7-18(8-16)11-21(12-18)10-14-4-3-13(9-19-14)17(22)23-2/h3-4,9,15-16H,5-8,10-12H2,1-2H3. The SMILES string of the molecule is COC(=O)c1ccc(CN2CC3(CC(N(C)C4CC4)C3)C2)nc1. The Morgan fingerprint density at radius 1 is 1.35 bits per heavy atom. The fraction of sp³-hybridized carbons (Fsp3) is 0.667. The van der Waals surface area contributed by atoms with Gasteiger partial charge in [0, 0.05) is 37.9 Å². The van der Waals surface area contributed by atoms with Gasteiger partial charge in [0.1, 0.15) is 0 Å². The van der Waals surface area contributed by atoms with Gasteiger partial charge in [-0.3, -0.25) is 9.88 Å². The van der Waals surface area contributed by atoms with E-state index in [-0.39, 0.29) is 5.97 Å². The van der Waals surface area contributed by atoms with Crippen molar-refractivity contribution < 1.29 is 9.53 Å². The van der Waals surface area contributed by atoms with Crippen LogP contribution in [0.5, 0.6) is 0 Å². The first kappa shape index (κ1) is 15.1. The number of pyridine rings is 1. The van der Waals surface area contributed by atoms with Crippen LogP contribution < -0.4 is 0 Å². The predicted octanol–water partition coefficient (Wildman–Crippen LogP) is 1.93. The summed E-state index contributed by atoms with van der Waals surface area (Å²) in [5.41, 5.74) is 2.12. The molecule has 0 aromatic carbocycles. The van der Waals surface area contributed by atoms with Crippen LogP contribution in [-0.2, 0) is 11.3 Å². The highest BCUT2D eigenvalue weighted by Gasteiger charge is 2.54. The zero-order valence-corrected chi connectivity index (χ0v) is 14.0. The number of carbonyl (C=O) groups excluding carboxylic acids is 1. The van der Waals surface area contributed by atoms with Crippen LogP contribution in [-0.4, -0.2) is 60.1 Å². The minimum absolute atomic E-state index is 0.327. The summed E-state index contributed by atoms with van der Waals surface area (Å²) in [6, 6.07) is 5.43. The number of hydrogen-bond donors (Lipinski definition) is 0. The highest BCUT2D eigenvalue weighted by molar-refractivity contribution is 5.88. The monoisotopic (exact) mass is 315 g/mol. The van der Waals surface area contributed by atoms with Crippen LogP contribution in [0.2, 0.25) is 0 Å². The zero-order chi connectivity index (χ0) is 16.0. The third-order valence-electron chi connectivity index (χ3n) is 5.79. The molecule has 124 valence electrons. The molecule has 1 aliphatic heterocycles. The molecule has 5 heteroatoms. The summed E-state index contributed by atoms with van der Waals surface area (Å²) in [6.07, 6.45) is 7.15. The molecule has 1 spiro atoms. The molecule has 0 unspecified atom stereocenters. The number of carbonyl (C=O) groups is 1. The van der Waals surface area contributed by atoms with E-state index in [1.165, 1.54) is 45.9 Å². The van der Waals surface area contributed by atoms with Gasteiger partial charge < -0.3 is 9.64 Å². The maximum Gasteiger partial charge on any atom is 0.339 e. The van der Waals surface area contributed by atoms with Gasteiger partial charge in [0.15, 0.2) is 0 Å².